The Bertz CT molecular complexity index is 356. The van der Waals surface area contributed by atoms with Gasteiger partial charge in [-0.25, -0.2) is 0 Å². The summed E-state index contributed by atoms with van der Waals surface area (Å²) in [6.07, 6.45) is 4.29. The Labute approximate surface area is 83.3 Å². The predicted octanol–water partition coefficient (Wildman–Crippen LogP) is 1.28. The van der Waals surface area contributed by atoms with Crippen LogP contribution in [0.2, 0.25) is 0 Å². The van der Waals surface area contributed by atoms with Gasteiger partial charge in [0.15, 0.2) is 0 Å². The maximum absolute atomic E-state index is 8.90. The van der Waals surface area contributed by atoms with Crippen LogP contribution in [-0.2, 0) is 6.61 Å². The fraction of sp³-hybridized carbons (Fsp3) is 0.364. The van der Waals surface area contributed by atoms with Crippen molar-refractivity contribution in [1.29, 1.82) is 0 Å². The molecule has 1 saturated carbocycles. The maximum atomic E-state index is 8.90. The highest BCUT2D eigenvalue weighted by Gasteiger charge is 2.23. The first-order valence-corrected chi connectivity index (χ1v) is 4.83. The van der Waals surface area contributed by atoms with E-state index in [9.17, 15) is 0 Å². The van der Waals surface area contributed by atoms with E-state index in [1.54, 1.807) is 6.07 Å². The quantitative estimate of drug-likeness (QED) is 0.755. The van der Waals surface area contributed by atoms with Crippen LogP contribution in [0, 0.1) is 5.92 Å². The van der Waals surface area contributed by atoms with E-state index in [1.807, 2.05) is 18.2 Å². The van der Waals surface area contributed by atoms with Gasteiger partial charge in [-0.15, -0.1) is 0 Å². The topological polar surface area (TPSA) is 59.1 Å². The lowest BCUT2D eigenvalue weighted by Gasteiger charge is -2.00. The molecule has 1 aliphatic carbocycles. The molecule has 0 atom stereocenters. The van der Waals surface area contributed by atoms with Gasteiger partial charge in [0.2, 0.25) is 0 Å². The number of aromatic nitrogens is 1. The first kappa shape index (κ1) is 9.21. The molecule has 0 amide bonds. The van der Waals surface area contributed by atoms with E-state index in [1.165, 1.54) is 12.8 Å². The summed E-state index contributed by atoms with van der Waals surface area (Å²) in [6, 6.07) is 5.57. The van der Waals surface area contributed by atoms with Gasteiger partial charge in [-0.1, -0.05) is 6.07 Å². The average molecular weight is 190 g/mol. The number of aliphatic hydroxyl groups is 1. The van der Waals surface area contributed by atoms with Gasteiger partial charge in [0.05, 0.1) is 18.0 Å². The summed E-state index contributed by atoms with van der Waals surface area (Å²) in [4.78, 5) is 4.24. The van der Waals surface area contributed by atoms with Crippen molar-refractivity contribution >= 4 is 6.08 Å². The summed E-state index contributed by atoms with van der Waals surface area (Å²) in [5.41, 5.74) is 8.29. The van der Waals surface area contributed by atoms with Gasteiger partial charge in [0.1, 0.15) is 0 Å². The van der Waals surface area contributed by atoms with Crippen LogP contribution in [0.25, 0.3) is 6.08 Å². The number of pyridine rings is 1. The Morgan fingerprint density at radius 2 is 2.36 bits per heavy atom. The van der Waals surface area contributed by atoms with Crippen molar-refractivity contribution in [3.05, 3.63) is 35.3 Å². The van der Waals surface area contributed by atoms with E-state index < -0.39 is 0 Å². The number of nitrogens with two attached hydrogens (primary N) is 1. The molecule has 1 fully saturated rings. The zero-order chi connectivity index (χ0) is 9.97. The van der Waals surface area contributed by atoms with E-state index in [2.05, 4.69) is 4.98 Å². The first-order chi connectivity index (χ1) is 6.79. The minimum Gasteiger partial charge on any atom is -0.402 e. The molecule has 0 aliphatic heterocycles. The highest BCUT2D eigenvalue weighted by atomic mass is 16.3. The third kappa shape index (κ3) is 2.12. The van der Waals surface area contributed by atoms with Gasteiger partial charge in [0.25, 0.3) is 0 Å². The third-order valence-electron chi connectivity index (χ3n) is 2.35. The van der Waals surface area contributed by atoms with Gasteiger partial charge in [0, 0.05) is 5.70 Å². The summed E-state index contributed by atoms with van der Waals surface area (Å²) in [5.74, 6) is 0.564. The van der Waals surface area contributed by atoms with E-state index in [0.29, 0.717) is 11.6 Å². The minimum atomic E-state index is -0.0228. The normalized spacial score (nSPS) is 17.1. The lowest BCUT2D eigenvalue weighted by Crippen LogP contribution is -1.99. The molecule has 0 spiro atoms. The van der Waals surface area contributed by atoms with E-state index >= 15 is 0 Å². The average Bonchev–Trinajstić information content (AvgIpc) is 3.01. The number of hydrogen-bond acceptors (Lipinski definition) is 3. The van der Waals surface area contributed by atoms with Crippen LogP contribution in [-0.4, -0.2) is 10.1 Å². The van der Waals surface area contributed by atoms with Crippen molar-refractivity contribution in [2.24, 2.45) is 11.7 Å². The van der Waals surface area contributed by atoms with Gasteiger partial charge in [-0.3, -0.25) is 4.98 Å². The fourth-order valence-electron chi connectivity index (χ4n) is 1.37. The zero-order valence-electron chi connectivity index (χ0n) is 7.98. The van der Waals surface area contributed by atoms with Crippen molar-refractivity contribution in [3.8, 4) is 0 Å². The standard InChI is InChI=1S/C11H14N2O/c12-11(8-4-5-8)6-9-2-1-3-10(7-14)13-9/h1-3,6,8,14H,4-5,7,12H2. The Morgan fingerprint density at radius 3 is 3.00 bits per heavy atom. The maximum Gasteiger partial charge on any atom is 0.0853 e. The first-order valence-electron chi connectivity index (χ1n) is 4.83. The Balaban J connectivity index is 2.18. The summed E-state index contributed by atoms with van der Waals surface area (Å²) < 4.78 is 0. The molecule has 2 rings (SSSR count). The van der Waals surface area contributed by atoms with E-state index in [-0.39, 0.29) is 6.61 Å². The summed E-state index contributed by atoms with van der Waals surface area (Å²) in [5, 5.41) is 8.90. The molecule has 3 nitrogen and oxygen atoms in total. The SMILES string of the molecule is NC(=Cc1cccc(CO)n1)C1CC1. The van der Waals surface area contributed by atoms with Crippen LogP contribution >= 0.6 is 0 Å². The van der Waals surface area contributed by atoms with Gasteiger partial charge >= 0.3 is 0 Å². The van der Waals surface area contributed by atoms with Gasteiger partial charge in [-0.05, 0) is 37.0 Å². The lowest BCUT2D eigenvalue weighted by molar-refractivity contribution is 0.277. The second-order valence-electron chi connectivity index (χ2n) is 3.63. The van der Waals surface area contributed by atoms with Crippen LogP contribution in [0.4, 0.5) is 0 Å². The number of rotatable bonds is 3. The molecular formula is C11H14N2O. The molecule has 74 valence electrons. The predicted molar refractivity (Wildman–Crippen MR) is 55.0 cm³/mol. The third-order valence-corrected chi connectivity index (χ3v) is 2.35. The highest BCUT2D eigenvalue weighted by Crippen LogP contribution is 2.34. The molecule has 1 aliphatic rings. The second-order valence-corrected chi connectivity index (χ2v) is 3.63. The molecule has 0 saturated heterocycles. The summed E-state index contributed by atoms with van der Waals surface area (Å²) in [6.45, 7) is -0.0228. The monoisotopic (exact) mass is 190 g/mol. The molecule has 3 N–H and O–H groups in total. The molecule has 1 aromatic heterocycles. The van der Waals surface area contributed by atoms with E-state index in [4.69, 9.17) is 10.8 Å². The summed E-state index contributed by atoms with van der Waals surface area (Å²) in [7, 11) is 0. The van der Waals surface area contributed by atoms with Crippen LogP contribution in [0.3, 0.4) is 0 Å². The molecule has 1 heterocycles. The molecule has 0 aromatic carbocycles. The van der Waals surface area contributed by atoms with Gasteiger partial charge < -0.3 is 10.8 Å². The van der Waals surface area contributed by atoms with Crippen molar-refractivity contribution in [2.45, 2.75) is 19.4 Å². The van der Waals surface area contributed by atoms with Crippen molar-refractivity contribution < 1.29 is 5.11 Å². The molecule has 0 bridgehead atoms. The van der Waals surface area contributed by atoms with Gasteiger partial charge in [-0.2, -0.15) is 0 Å². The molecule has 0 unspecified atom stereocenters. The van der Waals surface area contributed by atoms with Crippen molar-refractivity contribution in [3.63, 3.8) is 0 Å². The Kier molecular flexibility index (Phi) is 2.50. The number of allylic oxidation sites excluding steroid dienone is 1. The van der Waals surface area contributed by atoms with Crippen LogP contribution < -0.4 is 5.73 Å². The van der Waals surface area contributed by atoms with Crippen molar-refractivity contribution in [1.82, 2.24) is 4.98 Å². The molecular weight excluding hydrogens is 176 g/mol. The van der Waals surface area contributed by atoms with Crippen LogP contribution in [0.5, 0.6) is 0 Å². The number of nitrogens with zero attached hydrogens (tertiary/aromatic N) is 1. The molecule has 3 heteroatoms. The van der Waals surface area contributed by atoms with Crippen LogP contribution in [0.15, 0.2) is 23.9 Å². The lowest BCUT2D eigenvalue weighted by atomic mass is 10.2. The number of hydrogen-bond donors (Lipinski definition) is 2. The van der Waals surface area contributed by atoms with E-state index in [0.717, 1.165) is 11.4 Å². The largest absolute Gasteiger partial charge is 0.402 e. The Morgan fingerprint density at radius 1 is 1.57 bits per heavy atom. The minimum absolute atomic E-state index is 0.0228. The summed E-state index contributed by atoms with van der Waals surface area (Å²) >= 11 is 0. The number of aliphatic hydroxyl groups excluding tert-OH is 1. The second kappa shape index (κ2) is 3.80. The van der Waals surface area contributed by atoms with Crippen molar-refractivity contribution in [2.75, 3.05) is 0 Å². The smallest absolute Gasteiger partial charge is 0.0853 e. The van der Waals surface area contributed by atoms with Crippen LogP contribution in [0.1, 0.15) is 24.2 Å². The molecule has 1 aromatic rings. The fourth-order valence-corrected chi connectivity index (χ4v) is 1.37. The molecule has 14 heavy (non-hydrogen) atoms. The highest BCUT2D eigenvalue weighted by molar-refractivity contribution is 5.49. The zero-order valence-corrected chi connectivity index (χ0v) is 7.98. The Hall–Kier alpha value is -1.35. The molecule has 0 radical (unpaired) electrons.